The van der Waals surface area contributed by atoms with E-state index >= 15 is 0 Å². The maximum Gasteiger partial charge on any atom is 0.266 e. The van der Waals surface area contributed by atoms with Crippen LogP contribution in [0.5, 0.6) is 0 Å². The third kappa shape index (κ3) is 3.56. The Morgan fingerprint density at radius 1 is 1.56 bits per heavy atom. The number of nitrogens with one attached hydrogen (secondary N) is 1. The van der Waals surface area contributed by atoms with E-state index in [0.717, 1.165) is 12.0 Å². The molecule has 1 aromatic carbocycles. The summed E-state index contributed by atoms with van der Waals surface area (Å²) in [5, 5.41) is 15.1. The van der Waals surface area contributed by atoms with Crippen LogP contribution in [-0.4, -0.2) is 11.0 Å². The van der Waals surface area contributed by atoms with Crippen LogP contribution in [0.25, 0.3) is 0 Å². The smallest absolute Gasteiger partial charge is 0.266 e. The monoisotopic (exact) mass is 222 g/mol. The van der Waals surface area contributed by atoms with Crippen LogP contribution in [0.15, 0.2) is 35.4 Å². The van der Waals surface area contributed by atoms with Gasteiger partial charge < -0.3 is 11.1 Å². The second-order valence-corrected chi connectivity index (χ2v) is 3.24. The van der Waals surface area contributed by atoms with Gasteiger partial charge in [-0.1, -0.05) is 37.3 Å². The molecular formula is C10H14N4O2. The molecule has 0 fully saturated rings. The van der Waals surface area contributed by atoms with Crippen molar-refractivity contribution >= 4 is 5.96 Å². The van der Waals surface area contributed by atoms with Crippen molar-refractivity contribution < 1.29 is 5.03 Å². The molecule has 0 aliphatic carbocycles. The molecular weight excluding hydrogens is 208 g/mol. The molecule has 0 aliphatic rings. The van der Waals surface area contributed by atoms with E-state index in [9.17, 15) is 10.1 Å². The first-order chi connectivity index (χ1) is 7.63. The zero-order valence-corrected chi connectivity index (χ0v) is 8.96. The first-order valence-corrected chi connectivity index (χ1v) is 4.93. The van der Waals surface area contributed by atoms with E-state index in [2.05, 4.69) is 10.4 Å². The summed E-state index contributed by atoms with van der Waals surface area (Å²) in [6.45, 7) is 1.96. The molecule has 0 radical (unpaired) electrons. The van der Waals surface area contributed by atoms with Crippen molar-refractivity contribution in [3.63, 3.8) is 0 Å². The number of rotatable bonds is 4. The zero-order valence-electron chi connectivity index (χ0n) is 8.96. The van der Waals surface area contributed by atoms with Crippen LogP contribution >= 0.6 is 0 Å². The summed E-state index contributed by atoms with van der Waals surface area (Å²) in [4.78, 5) is 10.1. The number of nitrogens with zero attached hydrogens (tertiary/aromatic N) is 2. The lowest BCUT2D eigenvalue weighted by Crippen LogP contribution is -2.35. The Hall–Kier alpha value is -2.11. The van der Waals surface area contributed by atoms with Gasteiger partial charge in [0.05, 0.1) is 6.04 Å². The van der Waals surface area contributed by atoms with E-state index in [1.165, 1.54) is 0 Å². The predicted octanol–water partition coefficient (Wildman–Crippen LogP) is 1.23. The van der Waals surface area contributed by atoms with Crippen molar-refractivity contribution in [1.82, 2.24) is 5.32 Å². The second kappa shape index (κ2) is 5.69. The van der Waals surface area contributed by atoms with E-state index in [1.807, 2.05) is 37.3 Å². The van der Waals surface area contributed by atoms with E-state index in [1.54, 1.807) is 0 Å². The summed E-state index contributed by atoms with van der Waals surface area (Å²) < 4.78 is 0. The number of nitro groups is 1. The van der Waals surface area contributed by atoms with Gasteiger partial charge in [-0.05, 0) is 12.0 Å². The number of hydrazone groups is 1. The lowest BCUT2D eigenvalue weighted by atomic mass is 10.1. The molecule has 6 nitrogen and oxygen atoms in total. The van der Waals surface area contributed by atoms with Crippen LogP contribution in [0.1, 0.15) is 24.9 Å². The van der Waals surface area contributed by atoms with Crippen molar-refractivity contribution in [2.45, 2.75) is 19.4 Å². The SMILES string of the molecule is CC[C@@H](N/C(N)=N/[N+](=O)[O-])c1ccccc1. The Kier molecular flexibility index (Phi) is 4.26. The minimum atomic E-state index is -0.819. The molecule has 0 aromatic heterocycles. The maximum atomic E-state index is 10.1. The van der Waals surface area contributed by atoms with Gasteiger partial charge in [-0.3, -0.25) is 0 Å². The predicted molar refractivity (Wildman–Crippen MR) is 61.2 cm³/mol. The van der Waals surface area contributed by atoms with Gasteiger partial charge in [-0.2, -0.15) is 0 Å². The van der Waals surface area contributed by atoms with Gasteiger partial charge in [0, 0.05) is 0 Å². The molecule has 16 heavy (non-hydrogen) atoms. The maximum absolute atomic E-state index is 10.1. The third-order valence-corrected chi connectivity index (χ3v) is 2.12. The van der Waals surface area contributed by atoms with Gasteiger partial charge >= 0.3 is 0 Å². The Bertz CT molecular complexity index is 378. The van der Waals surface area contributed by atoms with Crippen LogP contribution in [0.2, 0.25) is 0 Å². The molecule has 0 unspecified atom stereocenters. The first kappa shape index (κ1) is 12.0. The number of nitrogens with two attached hydrogens (primary N) is 1. The highest BCUT2D eigenvalue weighted by atomic mass is 16.7. The number of guanidine groups is 1. The third-order valence-electron chi connectivity index (χ3n) is 2.12. The van der Waals surface area contributed by atoms with Crippen LogP contribution in [0.4, 0.5) is 0 Å². The minimum Gasteiger partial charge on any atom is -0.365 e. The number of benzene rings is 1. The molecule has 6 heteroatoms. The molecule has 0 amide bonds. The average molecular weight is 222 g/mol. The normalized spacial score (nSPS) is 13.2. The van der Waals surface area contributed by atoms with Crippen LogP contribution in [-0.2, 0) is 0 Å². The van der Waals surface area contributed by atoms with E-state index in [-0.39, 0.29) is 12.0 Å². The lowest BCUT2D eigenvalue weighted by Gasteiger charge is -2.16. The topological polar surface area (TPSA) is 93.5 Å². The van der Waals surface area contributed by atoms with Crippen molar-refractivity contribution in [3.8, 4) is 0 Å². The Balaban J connectivity index is 2.74. The Morgan fingerprint density at radius 2 is 2.19 bits per heavy atom. The Labute approximate surface area is 93.3 Å². The summed E-state index contributed by atoms with van der Waals surface area (Å²) in [6.07, 6.45) is 0.762. The average Bonchev–Trinajstić information content (AvgIpc) is 2.26. The quantitative estimate of drug-likeness (QED) is 0.347. The van der Waals surface area contributed by atoms with Gasteiger partial charge in [-0.25, -0.2) is 10.1 Å². The van der Waals surface area contributed by atoms with E-state index in [4.69, 9.17) is 5.73 Å². The van der Waals surface area contributed by atoms with Gasteiger partial charge in [-0.15, -0.1) is 0 Å². The lowest BCUT2D eigenvalue weighted by molar-refractivity contribution is -0.485. The van der Waals surface area contributed by atoms with Crippen LogP contribution in [0.3, 0.4) is 0 Å². The molecule has 0 spiro atoms. The zero-order chi connectivity index (χ0) is 12.0. The van der Waals surface area contributed by atoms with Crippen molar-refractivity contribution in [2.75, 3.05) is 0 Å². The van der Waals surface area contributed by atoms with Gasteiger partial charge in [0.1, 0.15) is 5.10 Å². The molecule has 0 bridgehead atoms. The molecule has 0 heterocycles. The van der Waals surface area contributed by atoms with Gasteiger partial charge in [0.15, 0.2) is 5.03 Å². The summed E-state index contributed by atoms with van der Waals surface area (Å²) in [5.74, 6) is -0.180. The minimum absolute atomic E-state index is 0.0649. The number of hydrogen-bond acceptors (Lipinski definition) is 2. The highest BCUT2D eigenvalue weighted by molar-refractivity contribution is 5.77. The fourth-order valence-corrected chi connectivity index (χ4v) is 1.40. The molecule has 0 saturated heterocycles. The fourth-order valence-electron chi connectivity index (χ4n) is 1.40. The van der Waals surface area contributed by atoms with Crippen molar-refractivity contribution in [2.24, 2.45) is 10.8 Å². The van der Waals surface area contributed by atoms with Crippen LogP contribution < -0.4 is 11.1 Å². The molecule has 1 atom stereocenters. The summed E-state index contributed by atoms with van der Waals surface area (Å²) in [7, 11) is 0. The summed E-state index contributed by atoms with van der Waals surface area (Å²) in [5.41, 5.74) is 6.41. The molecule has 0 aliphatic heterocycles. The highest BCUT2D eigenvalue weighted by Crippen LogP contribution is 2.15. The van der Waals surface area contributed by atoms with E-state index < -0.39 is 5.03 Å². The van der Waals surface area contributed by atoms with Gasteiger partial charge in [0.25, 0.3) is 5.96 Å². The molecule has 0 saturated carbocycles. The fraction of sp³-hybridized carbons (Fsp3) is 0.300. The van der Waals surface area contributed by atoms with Crippen molar-refractivity contribution in [1.29, 1.82) is 0 Å². The summed E-state index contributed by atoms with van der Waals surface area (Å²) >= 11 is 0. The molecule has 1 aromatic rings. The van der Waals surface area contributed by atoms with E-state index in [0.29, 0.717) is 0 Å². The second-order valence-electron chi connectivity index (χ2n) is 3.24. The number of hydrogen-bond donors (Lipinski definition) is 2. The van der Waals surface area contributed by atoms with Gasteiger partial charge in [0.2, 0.25) is 0 Å². The van der Waals surface area contributed by atoms with Crippen LogP contribution in [0, 0.1) is 10.1 Å². The summed E-state index contributed by atoms with van der Waals surface area (Å²) in [6, 6.07) is 9.51. The molecule has 1 rings (SSSR count). The van der Waals surface area contributed by atoms with Crippen molar-refractivity contribution in [3.05, 3.63) is 46.0 Å². The standard InChI is InChI=1S/C10H14N4O2/c1-2-9(8-6-4-3-5-7-8)12-10(11)13-14(15)16/h3-7,9H,2H2,1H3,(H3,11,12,13)/t9-/m1/s1. The molecule has 86 valence electrons. The first-order valence-electron chi connectivity index (χ1n) is 4.93. The Morgan fingerprint density at radius 3 is 2.69 bits per heavy atom. The highest BCUT2D eigenvalue weighted by Gasteiger charge is 2.10. The largest absolute Gasteiger partial charge is 0.365 e. The molecule has 3 N–H and O–H groups in total.